The fourth-order valence-electron chi connectivity index (χ4n) is 1.24. The standard InChI is InChI=1S/C10H9FN2O/c1-14-10-4-7(2-3-8(10)11)9-5-12-6-13-9/h2-6H,1H3,(H,12,13). The zero-order valence-electron chi connectivity index (χ0n) is 7.62. The van der Waals surface area contributed by atoms with Crippen molar-refractivity contribution in [1.82, 2.24) is 9.97 Å². The van der Waals surface area contributed by atoms with Gasteiger partial charge in [0.2, 0.25) is 0 Å². The molecule has 1 heterocycles. The Bertz CT molecular complexity index is 426. The number of rotatable bonds is 2. The summed E-state index contributed by atoms with van der Waals surface area (Å²) in [5, 5.41) is 0. The minimum Gasteiger partial charge on any atom is -0.494 e. The molecule has 0 spiro atoms. The maximum atomic E-state index is 13.1. The second-order valence-corrected chi connectivity index (χ2v) is 2.81. The van der Waals surface area contributed by atoms with Crippen LogP contribution in [0.3, 0.4) is 0 Å². The van der Waals surface area contributed by atoms with Crippen molar-refractivity contribution in [1.29, 1.82) is 0 Å². The van der Waals surface area contributed by atoms with Gasteiger partial charge in [-0.05, 0) is 18.2 Å². The number of benzene rings is 1. The van der Waals surface area contributed by atoms with Crippen LogP contribution in [0.4, 0.5) is 4.39 Å². The summed E-state index contributed by atoms with van der Waals surface area (Å²) >= 11 is 0. The number of imidazole rings is 1. The van der Waals surface area contributed by atoms with Gasteiger partial charge in [-0.3, -0.25) is 0 Å². The molecule has 0 amide bonds. The van der Waals surface area contributed by atoms with E-state index in [9.17, 15) is 4.39 Å². The highest BCUT2D eigenvalue weighted by atomic mass is 19.1. The van der Waals surface area contributed by atoms with E-state index >= 15 is 0 Å². The van der Waals surface area contributed by atoms with Crippen LogP contribution in [0.1, 0.15) is 0 Å². The van der Waals surface area contributed by atoms with Gasteiger partial charge in [0.15, 0.2) is 11.6 Å². The van der Waals surface area contributed by atoms with E-state index in [-0.39, 0.29) is 11.6 Å². The number of hydrogen-bond donors (Lipinski definition) is 1. The monoisotopic (exact) mass is 192 g/mol. The first-order valence-electron chi connectivity index (χ1n) is 4.13. The lowest BCUT2D eigenvalue weighted by Crippen LogP contribution is -1.88. The molecule has 0 unspecified atom stereocenters. The quantitative estimate of drug-likeness (QED) is 0.792. The third-order valence-electron chi connectivity index (χ3n) is 1.96. The number of aromatic nitrogens is 2. The van der Waals surface area contributed by atoms with Gasteiger partial charge in [0.1, 0.15) is 0 Å². The van der Waals surface area contributed by atoms with Crippen molar-refractivity contribution in [2.45, 2.75) is 0 Å². The molecular formula is C10H9FN2O. The van der Waals surface area contributed by atoms with Crippen LogP contribution in [0, 0.1) is 5.82 Å². The molecule has 2 rings (SSSR count). The Morgan fingerprint density at radius 2 is 2.29 bits per heavy atom. The molecule has 1 N–H and O–H groups in total. The lowest BCUT2D eigenvalue weighted by molar-refractivity contribution is 0.387. The minimum absolute atomic E-state index is 0.233. The van der Waals surface area contributed by atoms with Crippen molar-refractivity contribution in [2.24, 2.45) is 0 Å². The first-order valence-corrected chi connectivity index (χ1v) is 4.13. The number of aromatic amines is 1. The van der Waals surface area contributed by atoms with Gasteiger partial charge in [-0.1, -0.05) is 0 Å². The maximum absolute atomic E-state index is 13.1. The fourth-order valence-corrected chi connectivity index (χ4v) is 1.24. The molecule has 14 heavy (non-hydrogen) atoms. The van der Waals surface area contributed by atoms with Crippen LogP contribution in [-0.4, -0.2) is 17.1 Å². The van der Waals surface area contributed by atoms with Crippen molar-refractivity contribution < 1.29 is 9.13 Å². The van der Waals surface area contributed by atoms with E-state index in [4.69, 9.17) is 4.74 Å². The number of ether oxygens (including phenoxy) is 1. The molecule has 0 bridgehead atoms. The average molecular weight is 192 g/mol. The number of nitrogens with one attached hydrogen (secondary N) is 1. The van der Waals surface area contributed by atoms with E-state index in [0.717, 1.165) is 11.3 Å². The minimum atomic E-state index is -0.365. The van der Waals surface area contributed by atoms with Crippen LogP contribution in [-0.2, 0) is 0 Å². The molecule has 0 aliphatic rings. The van der Waals surface area contributed by atoms with E-state index in [1.807, 2.05) is 0 Å². The van der Waals surface area contributed by atoms with Gasteiger partial charge in [-0.25, -0.2) is 9.37 Å². The van der Waals surface area contributed by atoms with Crippen LogP contribution in [0.5, 0.6) is 5.75 Å². The van der Waals surface area contributed by atoms with Crippen molar-refractivity contribution in [3.63, 3.8) is 0 Å². The molecule has 0 atom stereocenters. The van der Waals surface area contributed by atoms with Crippen LogP contribution in [0.2, 0.25) is 0 Å². The van der Waals surface area contributed by atoms with Crippen molar-refractivity contribution >= 4 is 0 Å². The molecule has 0 fully saturated rings. The van der Waals surface area contributed by atoms with Gasteiger partial charge in [0, 0.05) is 5.56 Å². The predicted molar refractivity (Wildman–Crippen MR) is 50.5 cm³/mol. The van der Waals surface area contributed by atoms with E-state index in [0.29, 0.717) is 0 Å². The van der Waals surface area contributed by atoms with Gasteiger partial charge in [0.25, 0.3) is 0 Å². The highest BCUT2D eigenvalue weighted by Crippen LogP contribution is 2.24. The van der Waals surface area contributed by atoms with E-state index in [1.165, 1.54) is 13.2 Å². The summed E-state index contributed by atoms with van der Waals surface area (Å²) in [5.74, 6) is -0.132. The maximum Gasteiger partial charge on any atom is 0.165 e. The zero-order chi connectivity index (χ0) is 9.97. The smallest absolute Gasteiger partial charge is 0.165 e. The molecule has 0 aliphatic carbocycles. The Kier molecular flexibility index (Phi) is 2.18. The first-order chi connectivity index (χ1) is 6.81. The summed E-state index contributed by atoms with van der Waals surface area (Å²) in [6, 6.07) is 4.67. The van der Waals surface area contributed by atoms with Crippen LogP contribution >= 0.6 is 0 Å². The molecule has 2 aromatic rings. The highest BCUT2D eigenvalue weighted by Gasteiger charge is 2.05. The molecule has 0 saturated heterocycles. The summed E-state index contributed by atoms with van der Waals surface area (Å²) < 4.78 is 17.9. The molecule has 0 saturated carbocycles. The molecule has 0 aliphatic heterocycles. The summed E-state index contributed by atoms with van der Waals surface area (Å²) in [5.41, 5.74) is 1.68. The largest absolute Gasteiger partial charge is 0.494 e. The number of halogens is 1. The van der Waals surface area contributed by atoms with Gasteiger partial charge < -0.3 is 9.72 Å². The molecule has 0 radical (unpaired) electrons. The summed E-state index contributed by atoms with van der Waals surface area (Å²) in [6.45, 7) is 0. The molecule has 1 aromatic carbocycles. The highest BCUT2D eigenvalue weighted by molar-refractivity contribution is 5.60. The first kappa shape index (κ1) is 8.74. The Balaban J connectivity index is 2.46. The molecule has 72 valence electrons. The number of H-pyrrole nitrogens is 1. The summed E-state index contributed by atoms with van der Waals surface area (Å²) in [6.07, 6.45) is 3.25. The van der Waals surface area contributed by atoms with Gasteiger partial charge >= 0.3 is 0 Å². The van der Waals surface area contributed by atoms with E-state index < -0.39 is 0 Å². The Hall–Kier alpha value is -1.84. The Labute approximate surface area is 80.6 Å². The fraction of sp³-hybridized carbons (Fsp3) is 0.100. The van der Waals surface area contributed by atoms with Crippen LogP contribution in [0.25, 0.3) is 11.3 Å². The van der Waals surface area contributed by atoms with Crippen LogP contribution in [0.15, 0.2) is 30.7 Å². The lowest BCUT2D eigenvalue weighted by Gasteiger charge is -2.03. The predicted octanol–water partition coefficient (Wildman–Crippen LogP) is 2.22. The topological polar surface area (TPSA) is 37.9 Å². The van der Waals surface area contributed by atoms with Gasteiger partial charge in [0.05, 0.1) is 25.3 Å². The third kappa shape index (κ3) is 1.46. The molecule has 1 aromatic heterocycles. The summed E-state index contributed by atoms with van der Waals surface area (Å²) in [7, 11) is 1.44. The third-order valence-corrected chi connectivity index (χ3v) is 1.96. The number of hydrogen-bond acceptors (Lipinski definition) is 2. The van der Waals surface area contributed by atoms with Crippen molar-refractivity contribution in [2.75, 3.05) is 7.11 Å². The SMILES string of the molecule is COc1cc(-c2cnc[nH]2)ccc1F. The van der Waals surface area contributed by atoms with E-state index in [1.54, 1.807) is 24.7 Å². The lowest BCUT2D eigenvalue weighted by atomic mass is 10.1. The van der Waals surface area contributed by atoms with E-state index in [2.05, 4.69) is 9.97 Å². The Morgan fingerprint density at radius 3 is 2.93 bits per heavy atom. The number of methoxy groups -OCH3 is 1. The molecular weight excluding hydrogens is 183 g/mol. The van der Waals surface area contributed by atoms with Crippen molar-refractivity contribution in [3.05, 3.63) is 36.5 Å². The Morgan fingerprint density at radius 1 is 1.43 bits per heavy atom. The van der Waals surface area contributed by atoms with Gasteiger partial charge in [-0.2, -0.15) is 0 Å². The molecule has 3 nitrogen and oxygen atoms in total. The molecule has 4 heteroatoms. The average Bonchev–Trinajstić information content (AvgIpc) is 2.71. The van der Waals surface area contributed by atoms with Crippen LogP contribution < -0.4 is 4.74 Å². The van der Waals surface area contributed by atoms with Gasteiger partial charge in [-0.15, -0.1) is 0 Å². The number of nitrogens with zero attached hydrogens (tertiary/aromatic N) is 1. The second kappa shape index (κ2) is 3.49. The normalized spacial score (nSPS) is 10.1. The zero-order valence-corrected chi connectivity index (χ0v) is 7.62. The second-order valence-electron chi connectivity index (χ2n) is 2.81. The summed E-state index contributed by atoms with van der Waals surface area (Å²) in [4.78, 5) is 6.82. The van der Waals surface area contributed by atoms with Crippen molar-refractivity contribution in [3.8, 4) is 17.0 Å².